The first-order chi connectivity index (χ1) is 22.2. The number of aliphatic hydroxyl groups excluding tert-OH is 1. The van der Waals surface area contributed by atoms with Crippen molar-refractivity contribution in [2.24, 2.45) is 5.92 Å². The second-order valence-electron chi connectivity index (χ2n) is 12.2. The number of rotatable bonds is 19. The molecule has 1 rings (SSSR count). The van der Waals surface area contributed by atoms with Crippen molar-refractivity contribution >= 4 is 8.32 Å². The Hall–Kier alpha value is -2.29. The lowest BCUT2D eigenvalue weighted by Gasteiger charge is -2.44. The summed E-state index contributed by atoms with van der Waals surface area (Å²) in [5.41, 5.74) is -1.16. The first-order valence-corrected chi connectivity index (χ1v) is 16.8. The van der Waals surface area contributed by atoms with E-state index in [-0.39, 0.29) is 18.3 Å². The maximum absolute atomic E-state index is 14.8. The maximum atomic E-state index is 14.8. The SMILES string of the molecule is C=C[C@H](C)[C@@H](O)c1ccc(OCCO[Si](CCC(F)(F)C(F)(F)C(F)(F)C(F)(F)C(F)(F)C(F)(F)C(F)(F)C(F)(F)F)(C(C)C)C(C)C)cc1. The van der Waals surface area contributed by atoms with Crippen molar-refractivity contribution in [2.45, 2.75) is 112 Å². The van der Waals surface area contributed by atoms with Crippen LogP contribution < -0.4 is 4.74 Å². The number of halogens is 17. The minimum atomic E-state index is -8.66. The van der Waals surface area contributed by atoms with Gasteiger partial charge in [-0.3, -0.25) is 0 Å². The standard InChI is InChI=1S/C29H35F17O3Si/c1-7-18(6)21(47)19-8-10-20(11-9-19)48-13-14-49-50(16(2)3,17(4)5)15-12-22(30,31)23(32,33)24(34,35)25(36,37)26(38,39)27(40,41)28(42,43)29(44,45)46/h7-11,16-18,21,47H,1,12-15H2,2-6H3/t18-,21+/m0/s1. The molecule has 0 saturated heterocycles. The van der Waals surface area contributed by atoms with Gasteiger partial charge in [0.05, 0.1) is 12.7 Å². The molecule has 50 heavy (non-hydrogen) atoms. The topological polar surface area (TPSA) is 38.7 Å². The summed E-state index contributed by atoms with van der Waals surface area (Å²) in [4.78, 5) is 0. The molecule has 1 N–H and O–H groups in total. The number of aliphatic hydroxyl groups is 1. The van der Waals surface area contributed by atoms with Gasteiger partial charge in [0.25, 0.3) is 0 Å². The van der Waals surface area contributed by atoms with Crippen LogP contribution >= 0.6 is 0 Å². The number of hydrogen-bond donors (Lipinski definition) is 1. The molecule has 2 atom stereocenters. The molecular formula is C29H35F17O3Si. The van der Waals surface area contributed by atoms with Crippen LogP contribution in [-0.2, 0) is 4.43 Å². The largest absolute Gasteiger partial charge is 0.491 e. The Morgan fingerprint density at radius 2 is 1.04 bits per heavy atom. The van der Waals surface area contributed by atoms with Crippen LogP contribution in [0.1, 0.15) is 52.7 Å². The van der Waals surface area contributed by atoms with Crippen LogP contribution in [-0.4, -0.2) is 74.3 Å². The predicted octanol–water partition coefficient (Wildman–Crippen LogP) is 11.1. The fourth-order valence-corrected chi connectivity index (χ4v) is 9.41. The smallest absolute Gasteiger partial charge is 0.460 e. The van der Waals surface area contributed by atoms with Crippen LogP contribution in [0.3, 0.4) is 0 Å². The van der Waals surface area contributed by atoms with E-state index in [4.69, 9.17) is 9.16 Å². The van der Waals surface area contributed by atoms with E-state index in [2.05, 4.69) is 6.58 Å². The third-order valence-electron chi connectivity index (χ3n) is 8.39. The summed E-state index contributed by atoms with van der Waals surface area (Å²) in [6.07, 6.45) is -9.72. The van der Waals surface area contributed by atoms with E-state index in [0.29, 0.717) is 5.56 Å². The average Bonchev–Trinajstić information content (AvgIpc) is 2.98. The highest BCUT2D eigenvalue weighted by molar-refractivity contribution is 6.76. The Balaban J connectivity index is 3.30. The molecule has 292 valence electrons. The summed E-state index contributed by atoms with van der Waals surface area (Å²) in [5, 5.41) is 10.2. The molecule has 3 nitrogen and oxygen atoms in total. The number of hydrogen-bond acceptors (Lipinski definition) is 3. The molecule has 1 aromatic carbocycles. The van der Waals surface area contributed by atoms with Crippen molar-refractivity contribution in [1.82, 2.24) is 0 Å². The van der Waals surface area contributed by atoms with Gasteiger partial charge >= 0.3 is 47.6 Å². The van der Waals surface area contributed by atoms with Gasteiger partial charge in [-0.1, -0.05) is 52.8 Å². The molecule has 0 amide bonds. The van der Waals surface area contributed by atoms with Crippen LogP contribution in [0.15, 0.2) is 36.9 Å². The van der Waals surface area contributed by atoms with E-state index in [1.807, 2.05) is 0 Å². The van der Waals surface area contributed by atoms with Gasteiger partial charge in [0, 0.05) is 12.3 Å². The van der Waals surface area contributed by atoms with E-state index < -0.39 is 92.2 Å². The van der Waals surface area contributed by atoms with Gasteiger partial charge in [-0.25, -0.2) is 0 Å². The van der Waals surface area contributed by atoms with E-state index in [1.165, 1.54) is 58.0 Å². The second kappa shape index (κ2) is 15.0. The van der Waals surface area contributed by atoms with Crippen LogP contribution in [0.25, 0.3) is 0 Å². The molecule has 0 fully saturated rings. The molecule has 21 heteroatoms. The molecule has 0 aliphatic heterocycles. The molecule has 0 heterocycles. The van der Waals surface area contributed by atoms with E-state index >= 15 is 0 Å². The summed E-state index contributed by atoms with van der Waals surface area (Å²) in [6.45, 7) is 9.83. The number of alkyl halides is 17. The normalized spacial score (nSPS) is 16.2. The lowest BCUT2D eigenvalue weighted by atomic mass is 9.88. The van der Waals surface area contributed by atoms with E-state index in [1.54, 1.807) is 6.92 Å². The second-order valence-corrected chi connectivity index (χ2v) is 17.2. The first kappa shape index (κ1) is 45.7. The molecule has 0 bridgehead atoms. The Bertz CT molecular complexity index is 1260. The van der Waals surface area contributed by atoms with Crippen molar-refractivity contribution in [2.75, 3.05) is 13.2 Å². The molecule has 0 radical (unpaired) electrons. The average molecular weight is 783 g/mol. The Kier molecular flexibility index (Phi) is 13.7. The van der Waals surface area contributed by atoms with Crippen molar-refractivity contribution in [3.63, 3.8) is 0 Å². The van der Waals surface area contributed by atoms with Crippen LogP contribution in [0.5, 0.6) is 5.75 Å². The van der Waals surface area contributed by atoms with Crippen LogP contribution in [0.2, 0.25) is 17.1 Å². The van der Waals surface area contributed by atoms with Gasteiger partial charge in [0.15, 0.2) is 8.32 Å². The van der Waals surface area contributed by atoms with E-state index in [0.717, 1.165) is 0 Å². The third kappa shape index (κ3) is 7.87. The van der Waals surface area contributed by atoms with Crippen molar-refractivity contribution in [3.05, 3.63) is 42.5 Å². The summed E-state index contributed by atoms with van der Waals surface area (Å²) in [6, 6.07) is 4.60. The minimum Gasteiger partial charge on any atom is -0.491 e. The number of benzene rings is 1. The molecule has 0 aromatic heterocycles. The molecule has 0 aliphatic carbocycles. The lowest BCUT2D eigenvalue weighted by Crippen LogP contribution is -2.74. The Morgan fingerprint density at radius 3 is 1.42 bits per heavy atom. The van der Waals surface area contributed by atoms with Gasteiger partial charge < -0.3 is 14.3 Å². The quantitative estimate of drug-likeness (QED) is 0.0657. The highest BCUT2D eigenvalue weighted by Gasteiger charge is 2.95. The zero-order valence-corrected chi connectivity index (χ0v) is 27.9. The molecule has 0 spiro atoms. The zero-order chi connectivity index (χ0) is 39.7. The Labute approximate surface area is 276 Å². The van der Waals surface area contributed by atoms with Crippen molar-refractivity contribution in [3.8, 4) is 5.75 Å². The van der Waals surface area contributed by atoms with Gasteiger partial charge in [-0.15, -0.1) is 6.58 Å². The number of ether oxygens (including phenoxy) is 1. The fraction of sp³-hybridized carbons (Fsp3) is 0.724. The Morgan fingerprint density at radius 1 is 0.640 bits per heavy atom. The molecular weight excluding hydrogens is 747 g/mol. The van der Waals surface area contributed by atoms with Gasteiger partial charge in [0.2, 0.25) is 0 Å². The molecule has 0 unspecified atom stereocenters. The predicted molar refractivity (Wildman–Crippen MR) is 148 cm³/mol. The summed E-state index contributed by atoms with van der Waals surface area (Å²) < 4.78 is 244. The van der Waals surface area contributed by atoms with Crippen molar-refractivity contribution in [1.29, 1.82) is 0 Å². The van der Waals surface area contributed by atoms with Gasteiger partial charge in [-0.05, 0) is 34.8 Å². The lowest BCUT2D eigenvalue weighted by molar-refractivity contribution is -0.461. The van der Waals surface area contributed by atoms with Gasteiger partial charge in [-0.2, -0.15) is 74.6 Å². The maximum Gasteiger partial charge on any atom is 0.460 e. The fourth-order valence-electron chi connectivity index (χ4n) is 4.94. The molecule has 0 aliphatic rings. The highest BCUT2D eigenvalue weighted by Crippen LogP contribution is 2.64. The van der Waals surface area contributed by atoms with Crippen LogP contribution in [0.4, 0.5) is 74.6 Å². The zero-order valence-electron chi connectivity index (χ0n) is 26.9. The van der Waals surface area contributed by atoms with Crippen LogP contribution in [0, 0.1) is 5.92 Å². The first-order valence-electron chi connectivity index (χ1n) is 14.6. The minimum absolute atomic E-state index is 0.210. The summed E-state index contributed by atoms with van der Waals surface area (Å²) >= 11 is 0. The highest BCUT2D eigenvalue weighted by atomic mass is 28.4. The summed E-state index contributed by atoms with van der Waals surface area (Å²) in [5.74, 6) is -56.6. The molecule has 0 saturated carbocycles. The van der Waals surface area contributed by atoms with Gasteiger partial charge in [0.1, 0.15) is 12.4 Å². The molecule has 1 aromatic rings. The van der Waals surface area contributed by atoms with Crippen molar-refractivity contribution < 1.29 is 88.9 Å². The van der Waals surface area contributed by atoms with E-state index in [9.17, 15) is 79.7 Å². The summed E-state index contributed by atoms with van der Waals surface area (Å²) in [7, 11) is -3.90. The third-order valence-corrected chi connectivity index (χ3v) is 14.1. The monoisotopic (exact) mass is 782 g/mol.